The van der Waals surface area contributed by atoms with Gasteiger partial charge in [-0.05, 0) is 38.3 Å². The van der Waals surface area contributed by atoms with E-state index in [1.54, 1.807) is 26.0 Å². The molecule has 0 aliphatic carbocycles. The van der Waals surface area contributed by atoms with Crippen molar-refractivity contribution in [2.24, 2.45) is 5.73 Å². The van der Waals surface area contributed by atoms with Crippen molar-refractivity contribution in [1.29, 1.82) is 0 Å². The van der Waals surface area contributed by atoms with Gasteiger partial charge in [0.05, 0.1) is 0 Å². The SMILES string of the molecule is CCCCCCc1ccc(OC(=O)C(C)(C)N)cc1O. The lowest BCUT2D eigenvalue weighted by molar-refractivity contribution is -0.139. The fourth-order valence-electron chi connectivity index (χ4n) is 1.80. The van der Waals surface area contributed by atoms with E-state index in [2.05, 4.69) is 6.92 Å². The van der Waals surface area contributed by atoms with Crippen molar-refractivity contribution in [3.05, 3.63) is 23.8 Å². The van der Waals surface area contributed by atoms with Gasteiger partial charge in [0.1, 0.15) is 17.0 Å². The Morgan fingerprint density at radius 1 is 1.30 bits per heavy atom. The maximum atomic E-state index is 11.6. The Balaban J connectivity index is 2.61. The van der Waals surface area contributed by atoms with Gasteiger partial charge in [0, 0.05) is 6.07 Å². The number of phenolic OH excluding ortho intramolecular Hbond substituents is 1. The Bertz CT molecular complexity index is 450. The van der Waals surface area contributed by atoms with E-state index in [1.165, 1.54) is 18.9 Å². The highest BCUT2D eigenvalue weighted by Gasteiger charge is 2.24. The number of nitrogens with two attached hydrogens (primary N) is 1. The summed E-state index contributed by atoms with van der Waals surface area (Å²) in [7, 11) is 0. The second-order valence-corrected chi connectivity index (χ2v) is 5.71. The molecule has 0 aromatic heterocycles. The lowest BCUT2D eigenvalue weighted by Crippen LogP contribution is -2.44. The first-order chi connectivity index (χ1) is 9.34. The Hall–Kier alpha value is -1.55. The number of unbranched alkanes of at least 4 members (excludes halogenated alkanes) is 3. The van der Waals surface area contributed by atoms with Gasteiger partial charge in [0.15, 0.2) is 0 Å². The molecule has 112 valence electrons. The van der Waals surface area contributed by atoms with Crippen LogP contribution in [-0.4, -0.2) is 16.6 Å². The van der Waals surface area contributed by atoms with Crippen molar-refractivity contribution in [3.8, 4) is 11.5 Å². The number of hydrogen-bond acceptors (Lipinski definition) is 4. The number of ether oxygens (including phenoxy) is 1. The molecule has 0 aliphatic rings. The van der Waals surface area contributed by atoms with Crippen LogP contribution in [0.25, 0.3) is 0 Å². The number of carbonyl (C=O) groups excluding carboxylic acids is 1. The van der Waals surface area contributed by atoms with Crippen molar-refractivity contribution in [2.75, 3.05) is 0 Å². The first-order valence-corrected chi connectivity index (χ1v) is 7.17. The van der Waals surface area contributed by atoms with Crippen molar-refractivity contribution in [1.82, 2.24) is 0 Å². The summed E-state index contributed by atoms with van der Waals surface area (Å²) >= 11 is 0. The molecule has 0 unspecified atom stereocenters. The van der Waals surface area contributed by atoms with Crippen LogP contribution >= 0.6 is 0 Å². The van der Waals surface area contributed by atoms with Crippen LogP contribution in [0.3, 0.4) is 0 Å². The minimum atomic E-state index is -1.05. The number of benzene rings is 1. The Morgan fingerprint density at radius 3 is 2.55 bits per heavy atom. The summed E-state index contributed by atoms with van der Waals surface area (Å²) in [5.74, 6) is -0.0300. The minimum absolute atomic E-state index is 0.168. The average Bonchev–Trinajstić information content (AvgIpc) is 2.35. The van der Waals surface area contributed by atoms with Gasteiger partial charge in [-0.25, -0.2) is 4.79 Å². The Kier molecular flexibility index (Phi) is 6.02. The van der Waals surface area contributed by atoms with Crippen molar-refractivity contribution >= 4 is 5.97 Å². The second-order valence-electron chi connectivity index (χ2n) is 5.71. The molecule has 4 nitrogen and oxygen atoms in total. The van der Waals surface area contributed by atoms with Crippen LogP contribution in [0.15, 0.2) is 18.2 Å². The zero-order chi connectivity index (χ0) is 15.2. The molecule has 0 aliphatic heterocycles. The van der Waals surface area contributed by atoms with Gasteiger partial charge < -0.3 is 15.6 Å². The molecule has 1 aromatic rings. The standard InChI is InChI=1S/C16H25NO3/c1-4-5-6-7-8-12-9-10-13(11-14(12)18)20-15(19)16(2,3)17/h9-11,18H,4-8,17H2,1-3H3. The molecular weight excluding hydrogens is 254 g/mol. The summed E-state index contributed by atoms with van der Waals surface area (Å²) in [6.45, 7) is 5.33. The number of phenols is 1. The highest BCUT2D eigenvalue weighted by Crippen LogP contribution is 2.26. The van der Waals surface area contributed by atoms with Gasteiger partial charge in [0.25, 0.3) is 0 Å². The minimum Gasteiger partial charge on any atom is -0.508 e. The normalized spacial score (nSPS) is 11.4. The largest absolute Gasteiger partial charge is 0.508 e. The predicted octanol–water partition coefficient (Wildman–Crippen LogP) is 3.16. The molecule has 0 saturated carbocycles. The number of aromatic hydroxyl groups is 1. The fraction of sp³-hybridized carbons (Fsp3) is 0.562. The third-order valence-electron chi connectivity index (χ3n) is 3.09. The molecular formula is C16H25NO3. The third kappa shape index (κ3) is 5.21. The Morgan fingerprint density at radius 2 is 2.00 bits per heavy atom. The van der Waals surface area contributed by atoms with Crippen LogP contribution in [0.4, 0.5) is 0 Å². The van der Waals surface area contributed by atoms with Gasteiger partial charge in [-0.3, -0.25) is 0 Å². The van der Waals surface area contributed by atoms with Crippen molar-refractivity contribution in [3.63, 3.8) is 0 Å². The summed E-state index contributed by atoms with van der Waals surface area (Å²) in [5.41, 5.74) is 5.49. The molecule has 1 rings (SSSR count). The van der Waals surface area contributed by atoms with Gasteiger partial charge in [-0.15, -0.1) is 0 Å². The Labute approximate surface area is 120 Å². The molecule has 0 spiro atoms. The van der Waals surface area contributed by atoms with Gasteiger partial charge in [0.2, 0.25) is 0 Å². The summed E-state index contributed by atoms with van der Waals surface area (Å²) in [5, 5.41) is 9.94. The van der Waals surface area contributed by atoms with Crippen LogP contribution in [-0.2, 0) is 11.2 Å². The lowest BCUT2D eigenvalue weighted by Gasteiger charge is -2.16. The van der Waals surface area contributed by atoms with E-state index in [1.807, 2.05) is 0 Å². The number of carbonyl (C=O) groups is 1. The topological polar surface area (TPSA) is 72.5 Å². The molecule has 0 bridgehead atoms. The zero-order valence-corrected chi connectivity index (χ0v) is 12.6. The number of hydrogen-bond donors (Lipinski definition) is 2. The molecule has 20 heavy (non-hydrogen) atoms. The van der Waals surface area contributed by atoms with Crippen LogP contribution in [0, 0.1) is 0 Å². The van der Waals surface area contributed by atoms with E-state index in [4.69, 9.17) is 10.5 Å². The molecule has 0 fully saturated rings. The van der Waals surface area contributed by atoms with Gasteiger partial charge in [-0.2, -0.15) is 0 Å². The third-order valence-corrected chi connectivity index (χ3v) is 3.09. The summed E-state index contributed by atoms with van der Waals surface area (Å²) in [6, 6.07) is 4.96. The first kappa shape index (κ1) is 16.5. The fourth-order valence-corrected chi connectivity index (χ4v) is 1.80. The van der Waals surface area contributed by atoms with E-state index < -0.39 is 11.5 Å². The van der Waals surface area contributed by atoms with Gasteiger partial charge >= 0.3 is 5.97 Å². The highest BCUT2D eigenvalue weighted by atomic mass is 16.5. The maximum absolute atomic E-state index is 11.6. The van der Waals surface area contributed by atoms with E-state index in [0.717, 1.165) is 24.8 Å². The number of esters is 1. The maximum Gasteiger partial charge on any atom is 0.330 e. The quantitative estimate of drug-likeness (QED) is 0.457. The summed E-state index contributed by atoms with van der Waals surface area (Å²) in [4.78, 5) is 11.6. The van der Waals surface area contributed by atoms with Crippen molar-refractivity contribution < 1.29 is 14.6 Å². The van der Waals surface area contributed by atoms with Crippen LogP contribution in [0.1, 0.15) is 52.0 Å². The average molecular weight is 279 g/mol. The number of aryl methyl sites for hydroxylation is 1. The predicted molar refractivity (Wildman–Crippen MR) is 79.9 cm³/mol. The second kappa shape index (κ2) is 7.29. The van der Waals surface area contributed by atoms with Crippen LogP contribution < -0.4 is 10.5 Å². The van der Waals surface area contributed by atoms with Crippen LogP contribution in [0.5, 0.6) is 11.5 Å². The highest BCUT2D eigenvalue weighted by molar-refractivity contribution is 5.81. The van der Waals surface area contributed by atoms with E-state index in [-0.39, 0.29) is 5.75 Å². The van der Waals surface area contributed by atoms with E-state index >= 15 is 0 Å². The number of rotatable bonds is 7. The van der Waals surface area contributed by atoms with E-state index in [0.29, 0.717) is 5.75 Å². The van der Waals surface area contributed by atoms with Crippen molar-refractivity contribution in [2.45, 2.75) is 58.4 Å². The summed E-state index contributed by atoms with van der Waals surface area (Å²) < 4.78 is 5.13. The van der Waals surface area contributed by atoms with Gasteiger partial charge in [-0.1, -0.05) is 32.3 Å². The monoisotopic (exact) mass is 279 g/mol. The molecule has 0 atom stereocenters. The molecule has 4 heteroatoms. The molecule has 3 N–H and O–H groups in total. The molecule has 1 aromatic carbocycles. The van der Waals surface area contributed by atoms with E-state index in [9.17, 15) is 9.90 Å². The molecule has 0 radical (unpaired) electrons. The lowest BCUT2D eigenvalue weighted by atomic mass is 10.0. The van der Waals surface area contributed by atoms with Crippen LogP contribution in [0.2, 0.25) is 0 Å². The summed E-state index contributed by atoms with van der Waals surface area (Å²) in [6.07, 6.45) is 5.45. The zero-order valence-electron chi connectivity index (χ0n) is 12.6. The smallest absolute Gasteiger partial charge is 0.330 e. The molecule has 0 heterocycles. The first-order valence-electron chi connectivity index (χ1n) is 7.17. The molecule has 0 saturated heterocycles. The molecule has 0 amide bonds.